The molecule has 5 heteroatoms. The zero-order valence-corrected chi connectivity index (χ0v) is 15.2. The smallest absolute Gasteiger partial charge is 0.220 e. The van der Waals surface area contributed by atoms with Crippen molar-refractivity contribution in [3.8, 4) is 0 Å². The summed E-state index contributed by atoms with van der Waals surface area (Å²) in [6, 6.07) is 8.61. The number of nitrogens with one attached hydrogen (secondary N) is 1. The minimum atomic E-state index is 0.0500. The highest BCUT2D eigenvalue weighted by Gasteiger charge is 2.16. The molecule has 2 aromatic rings. The lowest BCUT2D eigenvalue weighted by Gasteiger charge is -2.25. The summed E-state index contributed by atoms with van der Waals surface area (Å²) in [5, 5.41) is 6.97. The van der Waals surface area contributed by atoms with Gasteiger partial charge in [-0.15, -0.1) is 0 Å². The molecule has 0 saturated carbocycles. The third-order valence-corrected chi connectivity index (χ3v) is 4.36. The Balaban J connectivity index is 1.89. The third kappa shape index (κ3) is 4.68. The van der Waals surface area contributed by atoms with Gasteiger partial charge in [0.2, 0.25) is 5.91 Å². The van der Waals surface area contributed by atoms with Crippen molar-refractivity contribution < 1.29 is 9.32 Å². The van der Waals surface area contributed by atoms with Crippen molar-refractivity contribution in [1.29, 1.82) is 0 Å². The summed E-state index contributed by atoms with van der Waals surface area (Å²) in [6.45, 7) is 6.46. The van der Waals surface area contributed by atoms with E-state index in [0.29, 0.717) is 19.4 Å². The second-order valence-corrected chi connectivity index (χ2v) is 6.50. The highest BCUT2D eigenvalue weighted by atomic mass is 16.5. The molecule has 0 bridgehead atoms. The molecule has 0 aliphatic carbocycles. The van der Waals surface area contributed by atoms with Gasteiger partial charge in [-0.3, -0.25) is 4.79 Å². The molecule has 1 aromatic carbocycles. The number of hydrogen-bond acceptors (Lipinski definition) is 4. The van der Waals surface area contributed by atoms with Crippen LogP contribution in [0.2, 0.25) is 0 Å². The van der Waals surface area contributed by atoms with Crippen molar-refractivity contribution >= 4 is 5.91 Å². The van der Waals surface area contributed by atoms with Gasteiger partial charge in [-0.2, -0.15) is 0 Å². The average Bonchev–Trinajstić information content (AvgIpc) is 2.85. The summed E-state index contributed by atoms with van der Waals surface area (Å²) in [5.74, 6) is 0.847. The maximum Gasteiger partial charge on any atom is 0.220 e. The van der Waals surface area contributed by atoms with Crippen molar-refractivity contribution in [2.24, 2.45) is 0 Å². The number of aromatic nitrogens is 1. The number of benzene rings is 1. The monoisotopic (exact) mass is 329 g/mol. The Labute approximate surface area is 144 Å². The van der Waals surface area contributed by atoms with Gasteiger partial charge >= 0.3 is 0 Å². The minimum absolute atomic E-state index is 0.0500. The summed E-state index contributed by atoms with van der Waals surface area (Å²) in [4.78, 5) is 14.3. The standard InChI is InChI=1S/C19H27N3O2/c1-13-6-8-16(9-7-13)18(22(4)5)12-20-19(23)11-10-17-14(2)21-24-15(17)3/h6-9,18H,10-12H2,1-5H3,(H,20,23). The molecule has 5 nitrogen and oxygen atoms in total. The molecule has 0 aliphatic rings. The van der Waals surface area contributed by atoms with Crippen molar-refractivity contribution in [3.05, 3.63) is 52.4 Å². The Morgan fingerprint density at radius 2 is 1.88 bits per heavy atom. The van der Waals surface area contributed by atoms with Crippen molar-refractivity contribution in [1.82, 2.24) is 15.4 Å². The molecule has 1 amide bonds. The van der Waals surface area contributed by atoms with Crippen LogP contribution in [0.1, 0.15) is 40.6 Å². The second-order valence-electron chi connectivity index (χ2n) is 6.50. The fourth-order valence-corrected chi connectivity index (χ4v) is 2.78. The van der Waals surface area contributed by atoms with Gasteiger partial charge in [0.15, 0.2) is 0 Å². The van der Waals surface area contributed by atoms with E-state index in [1.165, 1.54) is 11.1 Å². The van der Waals surface area contributed by atoms with Gasteiger partial charge in [0.25, 0.3) is 0 Å². The molecule has 0 aliphatic heterocycles. The van der Waals surface area contributed by atoms with Crippen LogP contribution in [0, 0.1) is 20.8 Å². The van der Waals surface area contributed by atoms with E-state index < -0.39 is 0 Å². The fourth-order valence-electron chi connectivity index (χ4n) is 2.78. The average molecular weight is 329 g/mol. The van der Waals surface area contributed by atoms with E-state index in [1.54, 1.807) is 0 Å². The predicted octanol–water partition coefficient (Wildman–Crippen LogP) is 2.95. The third-order valence-electron chi connectivity index (χ3n) is 4.36. The van der Waals surface area contributed by atoms with Crippen LogP contribution in [0.3, 0.4) is 0 Å². The predicted molar refractivity (Wildman–Crippen MR) is 94.9 cm³/mol. The molecule has 2 rings (SSSR count). The molecule has 1 unspecified atom stereocenters. The molecule has 1 atom stereocenters. The van der Waals surface area contributed by atoms with Gasteiger partial charge in [-0.1, -0.05) is 35.0 Å². The molecule has 0 spiro atoms. The SMILES string of the molecule is Cc1ccc(C(CNC(=O)CCc2c(C)noc2C)N(C)C)cc1. The summed E-state index contributed by atoms with van der Waals surface area (Å²) >= 11 is 0. The quantitative estimate of drug-likeness (QED) is 0.848. The zero-order valence-electron chi connectivity index (χ0n) is 15.2. The Bertz CT molecular complexity index is 655. The molecule has 1 aromatic heterocycles. The number of aryl methyl sites for hydroxylation is 3. The van der Waals surface area contributed by atoms with Gasteiger partial charge in [0.1, 0.15) is 5.76 Å². The van der Waals surface area contributed by atoms with Crippen LogP contribution in [-0.2, 0) is 11.2 Å². The Hall–Kier alpha value is -2.14. The van der Waals surface area contributed by atoms with E-state index in [-0.39, 0.29) is 11.9 Å². The number of hydrogen-bond donors (Lipinski definition) is 1. The number of carbonyl (C=O) groups is 1. The maximum absolute atomic E-state index is 12.2. The van der Waals surface area contributed by atoms with Crippen LogP contribution in [0.5, 0.6) is 0 Å². The number of likely N-dealkylation sites (N-methyl/N-ethyl adjacent to an activating group) is 1. The fraction of sp³-hybridized carbons (Fsp3) is 0.474. The summed E-state index contributed by atoms with van der Waals surface area (Å²) < 4.78 is 5.14. The van der Waals surface area contributed by atoms with Gasteiger partial charge in [0.05, 0.1) is 11.7 Å². The highest BCUT2D eigenvalue weighted by molar-refractivity contribution is 5.76. The van der Waals surface area contributed by atoms with Gasteiger partial charge in [-0.25, -0.2) is 0 Å². The van der Waals surface area contributed by atoms with Crippen molar-refractivity contribution in [2.45, 2.75) is 39.7 Å². The molecular weight excluding hydrogens is 302 g/mol. The van der Waals surface area contributed by atoms with Crippen LogP contribution < -0.4 is 5.32 Å². The van der Waals surface area contributed by atoms with Gasteiger partial charge in [-0.05, 0) is 46.9 Å². The molecular formula is C19H27N3O2. The molecule has 0 radical (unpaired) electrons. The molecule has 0 fully saturated rings. The van der Waals surface area contributed by atoms with Crippen molar-refractivity contribution in [3.63, 3.8) is 0 Å². The summed E-state index contributed by atoms with van der Waals surface area (Å²) in [5.41, 5.74) is 4.34. The molecule has 130 valence electrons. The lowest BCUT2D eigenvalue weighted by molar-refractivity contribution is -0.121. The number of nitrogens with zero attached hydrogens (tertiary/aromatic N) is 2. The topological polar surface area (TPSA) is 58.4 Å². The Morgan fingerprint density at radius 3 is 2.42 bits per heavy atom. The van der Waals surface area contributed by atoms with E-state index in [9.17, 15) is 4.79 Å². The first-order chi connectivity index (χ1) is 11.4. The van der Waals surface area contributed by atoms with E-state index >= 15 is 0 Å². The van der Waals surface area contributed by atoms with Crippen LogP contribution in [0.15, 0.2) is 28.8 Å². The second kappa shape index (κ2) is 8.11. The summed E-state index contributed by atoms with van der Waals surface area (Å²) in [6.07, 6.45) is 1.10. The number of rotatable bonds is 7. The van der Waals surface area contributed by atoms with Crippen LogP contribution >= 0.6 is 0 Å². The van der Waals surface area contributed by atoms with E-state index in [1.807, 2.05) is 27.9 Å². The first kappa shape index (κ1) is 18.2. The molecule has 24 heavy (non-hydrogen) atoms. The Kier molecular flexibility index (Phi) is 6.15. The van der Waals surface area contributed by atoms with Gasteiger partial charge < -0.3 is 14.7 Å². The minimum Gasteiger partial charge on any atom is -0.361 e. The normalized spacial score (nSPS) is 12.4. The molecule has 1 heterocycles. The van der Waals surface area contributed by atoms with Crippen LogP contribution in [0.25, 0.3) is 0 Å². The molecule has 1 N–H and O–H groups in total. The lowest BCUT2D eigenvalue weighted by Crippen LogP contribution is -2.34. The van der Waals surface area contributed by atoms with E-state index in [0.717, 1.165) is 17.0 Å². The first-order valence-corrected chi connectivity index (χ1v) is 8.30. The van der Waals surface area contributed by atoms with Gasteiger partial charge in [0, 0.05) is 18.5 Å². The van der Waals surface area contributed by atoms with Crippen LogP contribution in [0.4, 0.5) is 0 Å². The van der Waals surface area contributed by atoms with Crippen LogP contribution in [-0.4, -0.2) is 36.6 Å². The number of carbonyl (C=O) groups excluding carboxylic acids is 1. The number of amides is 1. The van der Waals surface area contributed by atoms with E-state index in [2.05, 4.69) is 46.6 Å². The maximum atomic E-state index is 12.2. The zero-order chi connectivity index (χ0) is 17.7. The highest BCUT2D eigenvalue weighted by Crippen LogP contribution is 2.18. The summed E-state index contributed by atoms with van der Waals surface area (Å²) in [7, 11) is 4.06. The largest absolute Gasteiger partial charge is 0.361 e. The van der Waals surface area contributed by atoms with Crippen molar-refractivity contribution in [2.75, 3.05) is 20.6 Å². The lowest BCUT2D eigenvalue weighted by atomic mass is 10.0. The Morgan fingerprint density at radius 1 is 1.21 bits per heavy atom. The first-order valence-electron chi connectivity index (χ1n) is 8.30. The van der Waals surface area contributed by atoms with E-state index in [4.69, 9.17) is 4.52 Å². The molecule has 0 saturated heterocycles.